The average Bonchev–Trinajstić information content (AvgIpc) is 2.47. The Labute approximate surface area is 132 Å². The zero-order chi connectivity index (χ0) is 17.2. The van der Waals surface area contributed by atoms with Gasteiger partial charge in [-0.25, -0.2) is 0 Å². The van der Waals surface area contributed by atoms with E-state index in [1.54, 1.807) is 0 Å². The Morgan fingerprint density at radius 1 is 1.18 bits per heavy atom. The molecule has 0 amide bonds. The first-order valence-corrected chi connectivity index (χ1v) is 8.53. The number of aryl methyl sites for hydroxylation is 1. The number of hydrogen-bond donors (Lipinski definition) is 3. The number of nitrogens with zero attached hydrogens (tertiary/aromatic N) is 1. The Hall–Kier alpha value is -1.25. The van der Waals surface area contributed by atoms with E-state index in [2.05, 4.69) is 44.7 Å². The summed E-state index contributed by atoms with van der Waals surface area (Å²) in [5.74, 6) is 0. The average molecular weight is 332 g/mol. The normalized spacial score (nSPS) is 11.5. The fourth-order valence-electron chi connectivity index (χ4n) is 2.35. The van der Waals surface area contributed by atoms with Crippen molar-refractivity contribution in [1.82, 2.24) is 4.48 Å². The van der Waals surface area contributed by atoms with Crippen molar-refractivity contribution in [1.29, 1.82) is 0 Å². The van der Waals surface area contributed by atoms with Crippen LogP contribution in [0.25, 0.3) is 0 Å². The molecule has 0 heterocycles. The second-order valence-corrected chi connectivity index (χ2v) is 5.65. The molecule has 0 unspecified atom stereocenters. The minimum Gasteiger partial charge on any atom is -0.396 e. The number of aliphatic hydroxyl groups excluding tert-OH is 1. The van der Waals surface area contributed by atoms with E-state index >= 15 is 0 Å². The lowest BCUT2D eigenvalue weighted by Crippen LogP contribution is -2.43. The van der Waals surface area contributed by atoms with E-state index in [1.807, 2.05) is 6.20 Å². The molecule has 6 nitrogen and oxygen atoms in total. The van der Waals surface area contributed by atoms with Crippen LogP contribution >= 0.6 is 0 Å². The molecule has 0 aliphatic carbocycles. The van der Waals surface area contributed by atoms with Crippen LogP contribution in [-0.4, -0.2) is 42.3 Å². The van der Waals surface area contributed by atoms with Gasteiger partial charge in [0.25, 0.3) is 0 Å². The Morgan fingerprint density at radius 2 is 1.68 bits per heavy atom. The van der Waals surface area contributed by atoms with E-state index in [1.165, 1.54) is 11.3 Å². The fraction of sp³-hybridized carbons (Fsp3) is 0.467. The minimum absolute atomic E-state index is 0.251. The molecule has 0 aromatic heterocycles. The lowest BCUT2D eigenvalue weighted by Gasteiger charge is -2.33. The number of para-hydroxylation sites is 1. The van der Waals surface area contributed by atoms with Gasteiger partial charge in [-0.3, -0.25) is 13.6 Å². The van der Waals surface area contributed by atoms with Gasteiger partial charge in [0, 0.05) is 12.2 Å². The van der Waals surface area contributed by atoms with Crippen molar-refractivity contribution in [3.8, 4) is 0 Å². The second kappa shape index (κ2) is 9.70. The van der Waals surface area contributed by atoms with Crippen LogP contribution in [0.1, 0.15) is 25.8 Å². The van der Waals surface area contributed by atoms with Gasteiger partial charge < -0.3 is 5.11 Å². The molecular formula is C15H26NO5S+. The molecule has 0 aliphatic rings. The number of hydrogen-bond acceptors (Lipinski definition) is 3. The summed E-state index contributed by atoms with van der Waals surface area (Å²) in [4.78, 5) is 0. The zero-order valence-electron chi connectivity index (χ0n) is 13.1. The van der Waals surface area contributed by atoms with Crippen LogP contribution in [0.5, 0.6) is 0 Å². The fourth-order valence-corrected chi connectivity index (χ4v) is 2.35. The molecule has 22 heavy (non-hydrogen) atoms. The van der Waals surface area contributed by atoms with Gasteiger partial charge in [-0.05, 0) is 39.3 Å². The molecule has 1 rings (SSSR count). The maximum atomic E-state index is 8.97. The summed E-state index contributed by atoms with van der Waals surface area (Å²) in [6.07, 6.45) is 3.78. The highest BCUT2D eigenvalue weighted by molar-refractivity contribution is 7.79. The third kappa shape index (κ3) is 7.15. The lowest BCUT2D eigenvalue weighted by molar-refractivity contribution is 0.288. The summed E-state index contributed by atoms with van der Waals surface area (Å²) >= 11 is 0. The van der Waals surface area contributed by atoms with Gasteiger partial charge in [-0.1, -0.05) is 18.2 Å². The molecule has 0 aliphatic heterocycles. The van der Waals surface area contributed by atoms with Crippen LogP contribution in [0, 0.1) is 0 Å². The molecule has 0 atom stereocenters. The molecule has 7 heteroatoms. The monoisotopic (exact) mass is 332 g/mol. The summed E-state index contributed by atoms with van der Waals surface area (Å²) < 4.78 is 32.4. The molecular weight excluding hydrogens is 306 g/mol. The van der Waals surface area contributed by atoms with Gasteiger partial charge in [0.1, 0.15) is 5.69 Å². The highest BCUT2D eigenvalue weighted by Crippen LogP contribution is 2.28. The summed E-state index contributed by atoms with van der Waals surface area (Å²) in [5, 5.41) is 8.97. The summed E-state index contributed by atoms with van der Waals surface area (Å²) in [5.41, 5.74) is 2.64. The third-order valence-electron chi connectivity index (χ3n) is 3.55. The van der Waals surface area contributed by atoms with Crippen molar-refractivity contribution in [2.75, 3.05) is 19.7 Å². The van der Waals surface area contributed by atoms with Crippen molar-refractivity contribution < 1.29 is 22.6 Å². The molecule has 0 saturated carbocycles. The molecule has 0 saturated heterocycles. The maximum absolute atomic E-state index is 8.97. The van der Waals surface area contributed by atoms with Gasteiger partial charge >= 0.3 is 10.4 Å². The van der Waals surface area contributed by atoms with Crippen molar-refractivity contribution >= 4 is 16.1 Å². The Balaban J connectivity index is 0.000000763. The first kappa shape index (κ1) is 20.8. The zero-order valence-corrected chi connectivity index (χ0v) is 14.0. The Kier molecular flexibility index (Phi) is 9.15. The van der Waals surface area contributed by atoms with E-state index in [4.69, 9.17) is 22.6 Å². The highest BCUT2D eigenvalue weighted by Gasteiger charge is 2.25. The quantitative estimate of drug-likeness (QED) is 0.526. The molecule has 0 fully saturated rings. The molecule has 0 radical (unpaired) electrons. The Morgan fingerprint density at radius 3 is 2.09 bits per heavy atom. The van der Waals surface area contributed by atoms with Crippen molar-refractivity contribution in [3.63, 3.8) is 0 Å². The standard InChI is InChI=1S/C15H24NO.H2O4S/c1-4-16(5-2,6-3)15-12-8-7-10-14(15)11-9-13-17;1-5(2,3)4/h4,7-8,10,12,17H,1,5-6,9,11,13H2,2-3H3;(H2,1,2,3,4)/q+1;. The Bertz CT molecular complexity index is 545. The van der Waals surface area contributed by atoms with Crippen molar-refractivity contribution in [3.05, 3.63) is 42.6 Å². The van der Waals surface area contributed by atoms with E-state index in [9.17, 15) is 0 Å². The molecule has 1 aromatic carbocycles. The van der Waals surface area contributed by atoms with Gasteiger partial charge in [0.2, 0.25) is 0 Å². The van der Waals surface area contributed by atoms with Crippen LogP contribution in [0.2, 0.25) is 0 Å². The minimum atomic E-state index is -4.67. The van der Waals surface area contributed by atoms with Crippen molar-refractivity contribution in [2.24, 2.45) is 0 Å². The summed E-state index contributed by atoms with van der Waals surface area (Å²) in [6.45, 7) is 10.6. The molecule has 0 spiro atoms. The predicted molar refractivity (Wildman–Crippen MR) is 89.1 cm³/mol. The maximum Gasteiger partial charge on any atom is 0.394 e. The first-order chi connectivity index (χ1) is 10.2. The van der Waals surface area contributed by atoms with E-state index in [0.717, 1.165) is 30.4 Å². The lowest BCUT2D eigenvalue weighted by atomic mass is 10.0. The van der Waals surface area contributed by atoms with Gasteiger partial charge in [-0.2, -0.15) is 8.42 Å². The van der Waals surface area contributed by atoms with Crippen molar-refractivity contribution in [2.45, 2.75) is 26.7 Å². The molecule has 1 aromatic rings. The van der Waals surface area contributed by atoms with Crippen LogP contribution in [0.3, 0.4) is 0 Å². The van der Waals surface area contributed by atoms with Crippen LogP contribution in [0.15, 0.2) is 37.0 Å². The number of quaternary nitrogens is 1. The SMILES string of the molecule is C=C[N+](CC)(CC)c1ccccc1CCCO.O=S(=O)(O)O. The van der Waals surface area contributed by atoms with E-state index in [-0.39, 0.29) is 6.61 Å². The number of aliphatic hydroxyl groups is 1. The second-order valence-electron chi connectivity index (χ2n) is 4.75. The highest BCUT2D eigenvalue weighted by atomic mass is 32.3. The number of benzene rings is 1. The van der Waals surface area contributed by atoms with Gasteiger partial charge in [0.05, 0.1) is 19.3 Å². The van der Waals surface area contributed by atoms with Gasteiger partial charge in [-0.15, -0.1) is 0 Å². The smallest absolute Gasteiger partial charge is 0.394 e. The topological polar surface area (TPSA) is 94.8 Å². The van der Waals surface area contributed by atoms with E-state index in [0.29, 0.717) is 0 Å². The van der Waals surface area contributed by atoms with Crippen LogP contribution in [-0.2, 0) is 16.8 Å². The molecule has 3 N–H and O–H groups in total. The van der Waals surface area contributed by atoms with Crippen LogP contribution < -0.4 is 4.48 Å². The first-order valence-electron chi connectivity index (χ1n) is 7.13. The number of rotatable bonds is 7. The van der Waals surface area contributed by atoms with E-state index < -0.39 is 10.4 Å². The third-order valence-corrected chi connectivity index (χ3v) is 3.55. The molecule has 0 bridgehead atoms. The van der Waals surface area contributed by atoms with Gasteiger partial charge in [0.15, 0.2) is 0 Å². The van der Waals surface area contributed by atoms with Crippen LogP contribution in [0.4, 0.5) is 5.69 Å². The summed E-state index contributed by atoms with van der Waals surface area (Å²) in [7, 11) is -4.67. The predicted octanol–water partition coefficient (Wildman–Crippen LogP) is 2.45. The molecule has 126 valence electrons. The summed E-state index contributed by atoms with van der Waals surface area (Å²) in [6, 6.07) is 8.49. The largest absolute Gasteiger partial charge is 0.396 e.